The number of alkyl carbamates (subject to hydrolysis) is 1. The molecule has 1 heterocycles. The number of hydrogen-bond donors (Lipinski definition) is 2. The van der Waals surface area contributed by atoms with Crippen LogP contribution in [-0.2, 0) is 9.53 Å². The largest absolute Gasteiger partial charge is 0.444 e. The summed E-state index contributed by atoms with van der Waals surface area (Å²) in [6.45, 7) is 6.32. The summed E-state index contributed by atoms with van der Waals surface area (Å²) in [5.41, 5.74) is -2.35. The van der Waals surface area contributed by atoms with Crippen molar-refractivity contribution in [2.75, 3.05) is 5.32 Å². The minimum absolute atomic E-state index is 0.245. The van der Waals surface area contributed by atoms with Crippen LogP contribution in [0.2, 0.25) is 10.2 Å². The van der Waals surface area contributed by atoms with Gasteiger partial charge >= 0.3 is 6.09 Å². The third-order valence-electron chi connectivity index (χ3n) is 3.78. The summed E-state index contributed by atoms with van der Waals surface area (Å²) in [7, 11) is 0. The van der Waals surface area contributed by atoms with Crippen LogP contribution in [0.5, 0.6) is 0 Å². The first kappa shape index (κ1) is 24.5. The summed E-state index contributed by atoms with van der Waals surface area (Å²) in [5, 5.41) is 3.97. The molecule has 11 heteroatoms. The summed E-state index contributed by atoms with van der Waals surface area (Å²) >= 11 is 11.9. The molecule has 2 rings (SSSR count). The smallest absolute Gasteiger partial charge is 0.408 e. The lowest BCUT2D eigenvalue weighted by molar-refractivity contribution is -0.117. The van der Waals surface area contributed by atoms with Crippen LogP contribution < -0.4 is 10.6 Å². The van der Waals surface area contributed by atoms with Crippen LogP contribution in [0, 0.1) is 11.6 Å². The Kier molecular flexibility index (Phi) is 7.56. The van der Waals surface area contributed by atoms with Crippen LogP contribution >= 0.6 is 23.2 Å². The van der Waals surface area contributed by atoms with Gasteiger partial charge in [0.2, 0.25) is 11.7 Å². The number of hydrogen-bond acceptors (Lipinski definition) is 5. The molecule has 166 valence electrons. The average molecular weight is 474 g/mol. The van der Waals surface area contributed by atoms with E-state index in [2.05, 4.69) is 15.6 Å². The predicted molar refractivity (Wildman–Crippen MR) is 112 cm³/mol. The second-order valence-corrected chi connectivity index (χ2v) is 8.17. The van der Waals surface area contributed by atoms with Crippen molar-refractivity contribution in [3.05, 3.63) is 57.3 Å². The Balaban J connectivity index is 2.34. The van der Waals surface area contributed by atoms with Crippen LogP contribution in [0.4, 0.5) is 19.3 Å². The van der Waals surface area contributed by atoms with Crippen LogP contribution in [0.1, 0.15) is 43.6 Å². The highest BCUT2D eigenvalue weighted by atomic mass is 35.5. The van der Waals surface area contributed by atoms with E-state index in [1.165, 1.54) is 6.92 Å². The van der Waals surface area contributed by atoms with Gasteiger partial charge in [-0.1, -0.05) is 29.3 Å². The lowest BCUT2D eigenvalue weighted by Gasteiger charge is -2.22. The van der Waals surface area contributed by atoms with Gasteiger partial charge in [-0.25, -0.2) is 18.6 Å². The molecule has 0 saturated carbocycles. The van der Waals surface area contributed by atoms with E-state index in [-0.39, 0.29) is 10.8 Å². The standard InChI is InChI=1S/C20H19Cl2F2N3O4/c1-9(26-19(30)31-20(2,3)4)18(29)27-12-8-25-17(22)15(21)14(12)16(28)13-10(23)6-5-7-11(13)24/h5-9H,1-4H3,(H,26,30)(H,27,29). The number of benzene rings is 1. The number of carbonyl (C=O) groups excluding carboxylic acids is 3. The van der Waals surface area contributed by atoms with Crippen molar-refractivity contribution in [1.29, 1.82) is 0 Å². The highest BCUT2D eigenvalue weighted by Crippen LogP contribution is 2.32. The molecule has 0 saturated heterocycles. The Morgan fingerprint density at radius 2 is 1.68 bits per heavy atom. The number of ether oxygens (including phenoxy) is 1. The molecular formula is C20H19Cl2F2N3O4. The molecule has 1 atom stereocenters. The van der Waals surface area contributed by atoms with Gasteiger partial charge in [0, 0.05) is 0 Å². The van der Waals surface area contributed by atoms with Crippen molar-refractivity contribution in [2.45, 2.75) is 39.3 Å². The Bertz CT molecular complexity index is 1020. The summed E-state index contributed by atoms with van der Waals surface area (Å²) in [5.74, 6) is -4.15. The molecule has 31 heavy (non-hydrogen) atoms. The SMILES string of the molecule is CC(NC(=O)OC(C)(C)C)C(=O)Nc1cnc(Cl)c(Cl)c1C(=O)c1c(F)cccc1F. The fraction of sp³-hybridized carbons (Fsp3) is 0.300. The number of rotatable bonds is 5. The van der Waals surface area contributed by atoms with E-state index in [0.717, 1.165) is 24.4 Å². The number of ketones is 1. The number of pyridine rings is 1. The molecule has 0 spiro atoms. The molecule has 1 unspecified atom stereocenters. The second kappa shape index (κ2) is 9.57. The highest BCUT2D eigenvalue weighted by molar-refractivity contribution is 6.44. The third kappa shape index (κ3) is 6.11. The molecule has 0 aliphatic carbocycles. The van der Waals surface area contributed by atoms with E-state index in [1.54, 1.807) is 20.8 Å². The van der Waals surface area contributed by atoms with Gasteiger partial charge in [-0.05, 0) is 39.8 Å². The molecule has 1 aromatic heterocycles. The van der Waals surface area contributed by atoms with Crippen molar-refractivity contribution >= 4 is 46.7 Å². The van der Waals surface area contributed by atoms with Crippen molar-refractivity contribution in [3.8, 4) is 0 Å². The first-order chi connectivity index (χ1) is 14.3. The number of carbonyl (C=O) groups is 3. The molecule has 0 bridgehead atoms. The Morgan fingerprint density at radius 1 is 1.10 bits per heavy atom. The van der Waals surface area contributed by atoms with Crippen molar-refractivity contribution in [2.24, 2.45) is 0 Å². The molecule has 2 N–H and O–H groups in total. The third-order valence-corrected chi connectivity index (χ3v) is 4.53. The second-order valence-electron chi connectivity index (χ2n) is 7.43. The van der Waals surface area contributed by atoms with Crippen molar-refractivity contribution in [1.82, 2.24) is 10.3 Å². The maximum absolute atomic E-state index is 14.1. The molecule has 7 nitrogen and oxygen atoms in total. The zero-order chi connectivity index (χ0) is 23.5. The lowest BCUT2D eigenvalue weighted by atomic mass is 10.0. The minimum Gasteiger partial charge on any atom is -0.444 e. The highest BCUT2D eigenvalue weighted by Gasteiger charge is 2.28. The molecule has 0 radical (unpaired) electrons. The zero-order valence-corrected chi connectivity index (χ0v) is 18.5. The Labute approximate surface area is 187 Å². The van der Waals surface area contributed by atoms with E-state index in [0.29, 0.717) is 0 Å². The average Bonchev–Trinajstić information content (AvgIpc) is 2.62. The molecule has 0 aliphatic heterocycles. The number of nitrogens with zero attached hydrogens (tertiary/aromatic N) is 1. The Morgan fingerprint density at radius 3 is 2.23 bits per heavy atom. The maximum atomic E-state index is 14.1. The zero-order valence-electron chi connectivity index (χ0n) is 17.0. The van der Waals surface area contributed by atoms with E-state index < -0.39 is 57.2 Å². The number of anilines is 1. The van der Waals surface area contributed by atoms with Gasteiger partial charge in [0.25, 0.3) is 0 Å². The van der Waals surface area contributed by atoms with Gasteiger partial charge in [0.05, 0.1) is 28.0 Å². The van der Waals surface area contributed by atoms with E-state index >= 15 is 0 Å². The molecule has 1 aromatic carbocycles. The monoisotopic (exact) mass is 473 g/mol. The maximum Gasteiger partial charge on any atom is 0.408 e. The molecule has 2 aromatic rings. The van der Waals surface area contributed by atoms with Gasteiger partial charge in [-0.3, -0.25) is 9.59 Å². The van der Waals surface area contributed by atoms with E-state index in [4.69, 9.17) is 27.9 Å². The van der Waals surface area contributed by atoms with Crippen LogP contribution in [0.25, 0.3) is 0 Å². The van der Waals surface area contributed by atoms with Gasteiger partial charge in [-0.2, -0.15) is 0 Å². The summed E-state index contributed by atoms with van der Waals surface area (Å²) < 4.78 is 33.3. The van der Waals surface area contributed by atoms with Crippen LogP contribution in [0.3, 0.4) is 0 Å². The normalized spacial score (nSPS) is 12.1. The van der Waals surface area contributed by atoms with E-state index in [1.807, 2.05) is 0 Å². The number of amides is 2. The Hall–Kier alpha value is -2.78. The van der Waals surface area contributed by atoms with Crippen molar-refractivity contribution < 1.29 is 27.9 Å². The fourth-order valence-corrected chi connectivity index (χ4v) is 2.79. The fourth-order valence-electron chi connectivity index (χ4n) is 2.41. The molecular weight excluding hydrogens is 455 g/mol. The predicted octanol–water partition coefficient (Wildman–Crippen LogP) is 4.75. The first-order valence-corrected chi connectivity index (χ1v) is 9.70. The summed E-state index contributed by atoms with van der Waals surface area (Å²) in [4.78, 5) is 41.0. The quantitative estimate of drug-likeness (QED) is 0.482. The molecule has 0 fully saturated rings. The van der Waals surface area contributed by atoms with Gasteiger partial charge in [0.1, 0.15) is 28.4 Å². The van der Waals surface area contributed by atoms with Gasteiger partial charge < -0.3 is 15.4 Å². The minimum atomic E-state index is -1.15. The first-order valence-electron chi connectivity index (χ1n) is 8.95. The van der Waals surface area contributed by atoms with Crippen LogP contribution in [-0.4, -0.2) is 34.4 Å². The molecule has 2 amide bonds. The lowest BCUT2D eigenvalue weighted by Crippen LogP contribution is -2.44. The van der Waals surface area contributed by atoms with E-state index in [9.17, 15) is 23.2 Å². The molecule has 0 aliphatic rings. The van der Waals surface area contributed by atoms with Gasteiger partial charge in [-0.15, -0.1) is 0 Å². The topological polar surface area (TPSA) is 97.4 Å². The van der Waals surface area contributed by atoms with Gasteiger partial charge in [0.15, 0.2) is 0 Å². The number of halogens is 4. The summed E-state index contributed by atoms with van der Waals surface area (Å²) in [6.07, 6.45) is 0.172. The van der Waals surface area contributed by atoms with Crippen molar-refractivity contribution in [3.63, 3.8) is 0 Å². The number of aromatic nitrogens is 1. The number of nitrogens with one attached hydrogen (secondary N) is 2. The van der Waals surface area contributed by atoms with Crippen LogP contribution in [0.15, 0.2) is 24.4 Å². The summed E-state index contributed by atoms with van der Waals surface area (Å²) in [6, 6.07) is 1.79.